The summed E-state index contributed by atoms with van der Waals surface area (Å²) in [6, 6.07) is 8.66. The molecule has 5 nitrogen and oxygen atoms in total. The van der Waals surface area contributed by atoms with Gasteiger partial charge in [-0.15, -0.1) is 0 Å². The van der Waals surface area contributed by atoms with E-state index in [1.165, 1.54) is 12.8 Å². The van der Waals surface area contributed by atoms with Gasteiger partial charge in [0.05, 0.1) is 5.92 Å². The highest BCUT2D eigenvalue weighted by Gasteiger charge is 2.35. The lowest BCUT2D eigenvalue weighted by Gasteiger charge is -2.20. The van der Waals surface area contributed by atoms with Crippen LogP contribution in [0.2, 0.25) is 0 Å². The lowest BCUT2D eigenvalue weighted by molar-refractivity contribution is -0.126. The molecule has 1 aromatic rings. The Kier molecular flexibility index (Phi) is 5.19. The molecule has 1 saturated carbocycles. The normalized spacial score (nSPS) is 20.7. The van der Waals surface area contributed by atoms with Crippen molar-refractivity contribution < 1.29 is 9.59 Å². The van der Waals surface area contributed by atoms with Crippen molar-refractivity contribution in [1.82, 2.24) is 10.2 Å². The van der Waals surface area contributed by atoms with E-state index in [4.69, 9.17) is 0 Å². The first-order chi connectivity index (χ1) is 11.6. The smallest absolute Gasteiger partial charge is 0.227 e. The summed E-state index contributed by atoms with van der Waals surface area (Å²) in [6.45, 7) is 4.10. The average molecular weight is 329 g/mol. The Hall–Kier alpha value is -1.88. The number of aryl methyl sites for hydroxylation is 1. The molecule has 0 spiro atoms. The summed E-state index contributed by atoms with van der Waals surface area (Å²) in [5, 5.41) is 3.00. The first-order valence-electron chi connectivity index (χ1n) is 8.96. The number of hydrogen-bond acceptors (Lipinski definition) is 3. The lowest BCUT2D eigenvalue weighted by Crippen LogP contribution is -2.38. The van der Waals surface area contributed by atoms with Crippen molar-refractivity contribution in [2.24, 2.45) is 5.92 Å². The van der Waals surface area contributed by atoms with Crippen LogP contribution >= 0.6 is 0 Å². The number of likely N-dealkylation sites (N-methyl/N-ethyl adjacent to an activating group) is 1. The molecule has 24 heavy (non-hydrogen) atoms. The Morgan fingerprint density at radius 3 is 2.79 bits per heavy atom. The van der Waals surface area contributed by atoms with Gasteiger partial charge in [-0.2, -0.15) is 0 Å². The minimum absolute atomic E-state index is 0.00373. The number of nitrogens with zero attached hydrogens (tertiary/aromatic N) is 2. The van der Waals surface area contributed by atoms with Crippen molar-refractivity contribution in [3.8, 4) is 0 Å². The minimum Gasteiger partial charge on any atom is -0.355 e. The highest BCUT2D eigenvalue weighted by molar-refractivity contribution is 6.00. The highest BCUT2D eigenvalue weighted by Crippen LogP contribution is 2.28. The molecule has 1 atom stereocenters. The van der Waals surface area contributed by atoms with Crippen LogP contribution in [0, 0.1) is 5.92 Å². The monoisotopic (exact) mass is 329 g/mol. The summed E-state index contributed by atoms with van der Waals surface area (Å²) in [4.78, 5) is 28.8. The Morgan fingerprint density at radius 1 is 1.33 bits per heavy atom. The zero-order valence-corrected chi connectivity index (χ0v) is 14.6. The second-order valence-electron chi connectivity index (χ2n) is 6.89. The molecule has 2 fully saturated rings. The Bertz CT molecular complexity index is 612. The van der Waals surface area contributed by atoms with Gasteiger partial charge < -0.3 is 15.1 Å². The van der Waals surface area contributed by atoms with Crippen LogP contribution in [-0.2, 0) is 16.0 Å². The second-order valence-corrected chi connectivity index (χ2v) is 6.89. The fraction of sp³-hybridized carbons (Fsp3) is 0.579. The van der Waals surface area contributed by atoms with Crippen LogP contribution in [0.4, 0.5) is 5.69 Å². The van der Waals surface area contributed by atoms with Gasteiger partial charge in [0.25, 0.3) is 0 Å². The van der Waals surface area contributed by atoms with Gasteiger partial charge in [0.2, 0.25) is 11.8 Å². The quantitative estimate of drug-likeness (QED) is 0.830. The zero-order chi connectivity index (χ0) is 17.1. The fourth-order valence-electron chi connectivity index (χ4n) is 3.39. The molecule has 0 unspecified atom stereocenters. The molecule has 2 aliphatic rings. The summed E-state index contributed by atoms with van der Waals surface area (Å²) in [5.74, 6) is -0.191. The number of hydrogen-bond donors (Lipinski definition) is 1. The predicted octanol–water partition coefficient (Wildman–Crippen LogP) is 1.81. The van der Waals surface area contributed by atoms with E-state index in [-0.39, 0.29) is 17.7 Å². The molecule has 1 aliphatic heterocycles. The molecule has 130 valence electrons. The van der Waals surface area contributed by atoms with Crippen LogP contribution in [0.15, 0.2) is 24.3 Å². The number of benzene rings is 1. The highest BCUT2D eigenvalue weighted by atomic mass is 16.2. The fourth-order valence-corrected chi connectivity index (χ4v) is 3.39. The zero-order valence-electron chi connectivity index (χ0n) is 14.6. The van der Waals surface area contributed by atoms with Gasteiger partial charge in [-0.25, -0.2) is 0 Å². The van der Waals surface area contributed by atoms with Crippen LogP contribution in [-0.4, -0.2) is 49.4 Å². The summed E-state index contributed by atoms with van der Waals surface area (Å²) < 4.78 is 0. The van der Waals surface area contributed by atoms with Gasteiger partial charge in [0.15, 0.2) is 0 Å². The summed E-state index contributed by atoms with van der Waals surface area (Å²) in [5.41, 5.74) is 2.10. The van der Waals surface area contributed by atoms with Crippen LogP contribution in [0.3, 0.4) is 0 Å². The van der Waals surface area contributed by atoms with Crippen molar-refractivity contribution in [3.05, 3.63) is 29.8 Å². The molecule has 1 saturated heterocycles. The number of carbonyl (C=O) groups is 2. The minimum atomic E-state index is -0.242. The second kappa shape index (κ2) is 7.34. The van der Waals surface area contributed by atoms with Crippen molar-refractivity contribution >= 4 is 17.5 Å². The Balaban J connectivity index is 1.54. The standard InChI is InChI=1S/C19H27N3O2/c1-3-14-6-4-5-7-17(14)22-13-15(12-18(22)23)19(24)20-10-11-21(2)16-8-9-16/h4-7,15-16H,3,8-13H2,1-2H3,(H,20,24)/t15-/m0/s1. The maximum atomic E-state index is 12.4. The number of nitrogens with one attached hydrogen (secondary N) is 1. The molecule has 1 heterocycles. The largest absolute Gasteiger partial charge is 0.355 e. The lowest BCUT2D eigenvalue weighted by atomic mass is 10.1. The molecule has 5 heteroatoms. The van der Waals surface area contributed by atoms with E-state index < -0.39 is 0 Å². The van der Waals surface area contributed by atoms with Gasteiger partial charge >= 0.3 is 0 Å². The van der Waals surface area contributed by atoms with Gasteiger partial charge in [0, 0.05) is 37.8 Å². The molecule has 1 aromatic carbocycles. The molecule has 1 aliphatic carbocycles. The topological polar surface area (TPSA) is 52.7 Å². The van der Waals surface area contributed by atoms with Crippen LogP contribution < -0.4 is 10.2 Å². The number of amides is 2. The molecular formula is C19H27N3O2. The maximum Gasteiger partial charge on any atom is 0.227 e. The molecule has 0 radical (unpaired) electrons. The molecule has 0 bridgehead atoms. The van der Waals surface area contributed by atoms with Crippen molar-refractivity contribution in [3.63, 3.8) is 0 Å². The SMILES string of the molecule is CCc1ccccc1N1C[C@@H](C(=O)NCCN(C)C2CC2)CC1=O. The number of carbonyl (C=O) groups excluding carboxylic acids is 2. The van der Waals surface area contributed by atoms with Gasteiger partial charge in [-0.1, -0.05) is 25.1 Å². The van der Waals surface area contributed by atoms with Crippen LogP contribution in [0.1, 0.15) is 31.7 Å². The van der Waals surface area contributed by atoms with E-state index in [1.54, 1.807) is 4.90 Å². The van der Waals surface area contributed by atoms with Crippen LogP contribution in [0.25, 0.3) is 0 Å². The van der Waals surface area contributed by atoms with Crippen molar-refractivity contribution in [1.29, 1.82) is 0 Å². The third kappa shape index (κ3) is 3.78. The molecular weight excluding hydrogens is 302 g/mol. The number of para-hydroxylation sites is 1. The van der Waals surface area contributed by atoms with E-state index in [0.29, 0.717) is 25.6 Å². The Morgan fingerprint density at radius 2 is 2.08 bits per heavy atom. The maximum absolute atomic E-state index is 12.4. The molecule has 1 N–H and O–H groups in total. The average Bonchev–Trinajstić information content (AvgIpc) is 3.37. The molecule has 0 aromatic heterocycles. The number of rotatable bonds is 7. The van der Waals surface area contributed by atoms with E-state index in [1.807, 2.05) is 24.3 Å². The Labute approximate surface area is 144 Å². The summed E-state index contributed by atoms with van der Waals surface area (Å²) >= 11 is 0. The molecule has 2 amide bonds. The van der Waals surface area contributed by atoms with Crippen molar-refractivity contribution in [2.75, 3.05) is 31.6 Å². The van der Waals surface area contributed by atoms with Gasteiger partial charge in [0.1, 0.15) is 0 Å². The first kappa shape index (κ1) is 17.0. The summed E-state index contributed by atoms with van der Waals surface area (Å²) in [6.07, 6.45) is 3.73. The van der Waals surface area contributed by atoms with Gasteiger partial charge in [-0.3, -0.25) is 9.59 Å². The summed E-state index contributed by atoms with van der Waals surface area (Å²) in [7, 11) is 2.10. The van der Waals surface area contributed by atoms with E-state index >= 15 is 0 Å². The predicted molar refractivity (Wildman–Crippen MR) is 94.9 cm³/mol. The molecule has 3 rings (SSSR count). The van der Waals surface area contributed by atoms with E-state index in [2.05, 4.69) is 24.2 Å². The van der Waals surface area contributed by atoms with Gasteiger partial charge in [-0.05, 0) is 37.9 Å². The third-order valence-corrected chi connectivity index (χ3v) is 5.09. The number of anilines is 1. The first-order valence-corrected chi connectivity index (χ1v) is 8.96. The van der Waals surface area contributed by atoms with Crippen LogP contribution in [0.5, 0.6) is 0 Å². The van der Waals surface area contributed by atoms with Crippen molar-refractivity contribution in [2.45, 2.75) is 38.6 Å². The van der Waals surface area contributed by atoms with E-state index in [9.17, 15) is 9.59 Å². The van der Waals surface area contributed by atoms with E-state index in [0.717, 1.165) is 24.2 Å². The third-order valence-electron chi connectivity index (χ3n) is 5.09.